The molecule has 6 nitrogen and oxygen atoms in total. The maximum absolute atomic E-state index is 5.61. The maximum atomic E-state index is 5.61. The van der Waals surface area contributed by atoms with E-state index >= 15 is 0 Å². The molecule has 3 rings (SSSR count). The smallest absolute Gasteiger partial charge is 0.191 e. The number of hydrogen-bond donors (Lipinski definition) is 2. The zero-order chi connectivity index (χ0) is 19.1. The molecule has 0 radical (unpaired) electrons. The Bertz CT molecular complexity index is 734. The fraction of sp³-hybridized carbons (Fsp3) is 0.524. The Balaban J connectivity index is 1.61. The summed E-state index contributed by atoms with van der Waals surface area (Å²) in [5.41, 5.74) is 2.39. The van der Waals surface area contributed by atoms with Gasteiger partial charge >= 0.3 is 0 Å². The van der Waals surface area contributed by atoms with Crippen molar-refractivity contribution in [1.29, 1.82) is 0 Å². The van der Waals surface area contributed by atoms with Crippen molar-refractivity contribution in [1.82, 2.24) is 15.8 Å². The summed E-state index contributed by atoms with van der Waals surface area (Å²) < 4.78 is 11.0. The molecule has 0 aliphatic carbocycles. The molecule has 0 bridgehead atoms. The van der Waals surface area contributed by atoms with Crippen molar-refractivity contribution in [3.05, 3.63) is 53.4 Å². The largest absolute Gasteiger partial charge is 0.381 e. The van der Waals surface area contributed by atoms with Crippen molar-refractivity contribution < 1.29 is 9.26 Å². The van der Waals surface area contributed by atoms with E-state index in [1.807, 2.05) is 6.07 Å². The van der Waals surface area contributed by atoms with Crippen LogP contribution in [-0.2, 0) is 16.7 Å². The summed E-state index contributed by atoms with van der Waals surface area (Å²) in [4.78, 5) is 4.36. The van der Waals surface area contributed by atoms with Gasteiger partial charge in [0.05, 0.1) is 12.2 Å². The van der Waals surface area contributed by atoms with Gasteiger partial charge < -0.3 is 19.9 Å². The van der Waals surface area contributed by atoms with Crippen molar-refractivity contribution in [3.8, 4) is 0 Å². The second-order valence-electron chi connectivity index (χ2n) is 7.41. The van der Waals surface area contributed by atoms with E-state index in [9.17, 15) is 0 Å². The fourth-order valence-electron chi connectivity index (χ4n) is 3.45. The second kappa shape index (κ2) is 9.04. The van der Waals surface area contributed by atoms with Crippen molar-refractivity contribution in [2.45, 2.75) is 44.6 Å². The van der Waals surface area contributed by atoms with Crippen LogP contribution in [0.1, 0.15) is 49.6 Å². The summed E-state index contributed by atoms with van der Waals surface area (Å²) >= 11 is 0. The number of nitrogens with zero attached hydrogens (tertiary/aromatic N) is 2. The highest BCUT2D eigenvalue weighted by atomic mass is 16.5. The molecule has 0 amide bonds. The van der Waals surface area contributed by atoms with E-state index in [2.05, 4.69) is 65.0 Å². The lowest BCUT2D eigenvalue weighted by atomic mass is 9.74. The lowest BCUT2D eigenvalue weighted by molar-refractivity contribution is 0.0514. The number of aromatic nitrogens is 1. The standard InChI is InChI=1S/C21H30N4O2/c1-16(2)19-13-18(27-25-19)14-23-20(22-3)24-15-21(9-11-26-12-10-21)17-7-5-4-6-8-17/h4-8,13,16H,9-12,14-15H2,1-3H3,(H2,22,23,24). The summed E-state index contributed by atoms with van der Waals surface area (Å²) in [7, 11) is 1.79. The Labute approximate surface area is 161 Å². The number of hydrogen-bond acceptors (Lipinski definition) is 4. The molecule has 6 heteroatoms. The van der Waals surface area contributed by atoms with E-state index in [0.717, 1.165) is 50.0 Å². The van der Waals surface area contributed by atoms with Crippen LogP contribution in [0.3, 0.4) is 0 Å². The molecule has 2 heterocycles. The second-order valence-corrected chi connectivity index (χ2v) is 7.41. The van der Waals surface area contributed by atoms with Gasteiger partial charge in [-0.15, -0.1) is 0 Å². The monoisotopic (exact) mass is 370 g/mol. The summed E-state index contributed by atoms with van der Waals surface area (Å²) in [5.74, 6) is 1.93. The molecule has 0 atom stereocenters. The molecule has 1 aliphatic heterocycles. The van der Waals surface area contributed by atoms with Gasteiger partial charge in [-0.2, -0.15) is 0 Å². The third kappa shape index (κ3) is 4.89. The number of ether oxygens (including phenoxy) is 1. The number of rotatable bonds is 6. The van der Waals surface area contributed by atoms with Crippen LogP contribution in [0.25, 0.3) is 0 Å². The molecule has 1 saturated heterocycles. The Morgan fingerprint density at radius 2 is 1.93 bits per heavy atom. The van der Waals surface area contributed by atoms with Crippen LogP contribution in [0.5, 0.6) is 0 Å². The molecule has 1 aromatic carbocycles. The Kier molecular flexibility index (Phi) is 6.50. The quantitative estimate of drug-likeness (QED) is 0.603. The van der Waals surface area contributed by atoms with Gasteiger partial charge in [-0.25, -0.2) is 0 Å². The van der Waals surface area contributed by atoms with Crippen LogP contribution in [0.4, 0.5) is 0 Å². The topological polar surface area (TPSA) is 71.7 Å². The summed E-state index contributed by atoms with van der Waals surface area (Å²) in [6.45, 7) is 7.16. The molecule has 1 fully saturated rings. The number of guanidine groups is 1. The van der Waals surface area contributed by atoms with E-state index in [1.54, 1.807) is 7.05 Å². The normalized spacial score (nSPS) is 17.1. The van der Waals surface area contributed by atoms with Gasteiger partial charge in [0.15, 0.2) is 11.7 Å². The third-order valence-corrected chi connectivity index (χ3v) is 5.25. The maximum Gasteiger partial charge on any atom is 0.191 e. The summed E-state index contributed by atoms with van der Waals surface area (Å²) in [6.07, 6.45) is 2.00. The highest BCUT2D eigenvalue weighted by Crippen LogP contribution is 2.34. The number of aliphatic imine (C=N–C) groups is 1. The van der Waals surface area contributed by atoms with Gasteiger partial charge in [0.25, 0.3) is 0 Å². The van der Waals surface area contributed by atoms with E-state index in [1.165, 1.54) is 5.56 Å². The zero-order valence-corrected chi connectivity index (χ0v) is 16.5. The van der Waals surface area contributed by atoms with Crippen LogP contribution in [0.2, 0.25) is 0 Å². The van der Waals surface area contributed by atoms with Gasteiger partial charge in [0.2, 0.25) is 0 Å². The van der Waals surface area contributed by atoms with Crippen molar-refractivity contribution in [2.75, 3.05) is 26.8 Å². The molecule has 0 saturated carbocycles. The number of nitrogens with one attached hydrogen (secondary N) is 2. The minimum atomic E-state index is 0.0637. The highest BCUT2D eigenvalue weighted by molar-refractivity contribution is 5.79. The van der Waals surface area contributed by atoms with Gasteiger partial charge in [-0.05, 0) is 24.3 Å². The first-order valence-electron chi connectivity index (χ1n) is 9.66. The van der Waals surface area contributed by atoms with Gasteiger partial charge in [0, 0.05) is 38.3 Å². The molecule has 0 spiro atoms. The van der Waals surface area contributed by atoms with Crippen LogP contribution >= 0.6 is 0 Å². The molecule has 146 valence electrons. The molecule has 1 aliphatic rings. The van der Waals surface area contributed by atoms with E-state index in [0.29, 0.717) is 12.5 Å². The lowest BCUT2D eigenvalue weighted by Gasteiger charge is -2.38. The predicted octanol–water partition coefficient (Wildman–Crippen LogP) is 3.21. The van der Waals surface area contributed by atoms with Crippen LogP contribution in [0, 0.1) is 0 Å². The Hall–Kier alpha value is -2.34. The first-order chi connectivity index (χ1) is 13.1. The molecule has 27 heavy (non-hydrogen) atoms. The molecule has 2 N–H and O–H groups in total. The molecule has 0 unspecified atom stereocenters. The zero-order valence-electron chi connectivity index (χ0n) is 16.5. The highest BCUT2D eigenvalue weighted by Gasteiger charge is 2.34. The van der Waals surface area contributed by atoms with Crippen molar-refractivity contribution in [3.63, 3.8) is 0 Å². The van der Waals surface area contributed by atoms with Crippen LogP contribution in [0.15, 0.2) is 45.9 Å². The van der Waals surface area contributed by atoms with Gasteiger partial charge in [-0.1, -0.05) is 49.3 Å². The number of benzene rings is 1. The first kappa shape index (κ1) is 19.4. The van der Waals surface area contributed by atoms with E-state index in [4.69, 9.17) is 9.26 Å². The molecular formula is C21H30N4O2. The molecular weight excluding hydrogens is 340 g/mol. The molecule has 1 aromatic heterocycles. The van der Waals surface area contributed by atoms with Crippen LogP contribution in [-0.4, -0.2) is 37.9 Å². The Morgan fingerprint density at radius 1 is 1.19 bits per heavy atom. The predicted molar refractivity (Wildman–Crippen MR) is 107 cm³/mol. The Morgan fingerprint density at radius 3 is 2.56 bits per heavy atom. The van der Waals surface area contributed by atoms with Gasteiger partial charge in [0.1, 0.15) is 0 Å². The average molecular weight is 370 g/mol. The van der Waals surface area contributed by atoms with Gasteiger partial charge in [-0.3, -0.25) is 4.99 Å². The van der Waals surface area contributed by atoms with E-state index < -0.39 is 0 Å². The summed E-state index contributed by atoms with van der Waals surface area (Å²) in [6, 6.07) is 12.7. The minimum Gasteiger partial charge on any atom is -0.381 e. The molecule has 2 aromatic rings. The SMILES string of the molecule is CN=C(NCc1cc(C(C)C)no1)NCC1(c2ccccc2)CCOCC1. The third-order valence-electron chi connectivity index (χ3n) is 5.25. The average Bonchev–Trinajstić information content (AvgIpc) is 3.19. The first-order valence-corrected chi connectivity index (χ1v) is 9.66. The lowest BCUT2D eigenvalue weighted by Crippen LogP contribution is -2.47. The van der Waals surface area contributed by atoms with Crippen molar-refractivity contribution >= 4 is 5.96 Å². The summed E-state index contributed by atoms with van der Waals surface area (Å²) in [5, 5.41) is 10.9. The van der Waals surface area contributed by atoms with Crippen LogP contribution < -0.4 is 10.6 Å². The minimum absolute atomic E-state index is 0.0637. The fourth-order valence-corrected chi connectivity index (χ4v) is 3.45. The van der Waals surface area contributed by atoms with Crippen molar-refractivity contribution in [2.24, 2.45) is 4.99 Å². The van der Waals surface area contributed by atoms with E-state index in [-0.39, 0.29) is 5.41 Å².